The van der Waals surface area contributed by atoms with Crippen LogP contribution in [0.25, 0.3) is 16.9 Å². The Morgan fingerprint density at radius 2 is 1.63 bits per heavy atom. The molecule has 3 aromatic carbocycles. The van der Waals surface area contributed by atoms with E-state index in [1.54, 1.807) is 11.8 Å². The Balaban J connectivity index is 1.20. The maximum atomic E-state index is 13.8. The number of benzene rings is 3. The van der Waals surface area contributed by atoms with E-state index in [9.17, 15) is 4.79 Å². The number of nitrogens with zero attached hydrogens (tertiary/aromatic N) is 4. The number of hydrogen-bond acceptors (Lipinski definition) is 6. The summed E-state index contributed by atoms with van der Waals surface area (Å²) in [4.78, 5) is 18.1. The molecule has 6 rings (SSSR count). The Bertz CT molecular complexity index is 1440. The molecule has 8 nitrogen and oxygen atoms in total. The van der Waals surface area contributed by atoms with E-state index in [4.69, 9.17) is 19.3 Å². The van der Waals surface area contributed by atoms with Crippen LogP contribution in [0.15, 0.2) is 72.8 Å². The van der Waals surface area contributed by atoms with Crippen LogP contribution in [-0.4, -0.2) is 65.6 Å². The molecule has 0 bridgehead atoms. The number of ether oxygens (including phenoxy) is 3. The molecule has 194 valence electrons. The third kappa shape index (κ3) is 4.82. The number of carbonyl (C=O) groups is 1. The van der Waals surface area contributed by atoms with Crippen molar-refractivity contribution in [2.75, 3.05) is 40.1 Å². The molecule has 1 amide bonds. The van der Waals surface area contributed by atoms with Gasteiger partial charge in [-0.15, -0.1) is 0 Å². The van der Waals surface area contributed by atoms with Gasteiger partial charge in [0.2, 0.25) is 6.79 Å². The summed E-state index contributed by atoms with van der Waals surface area (Å²) in [5.74, 6) is 2.36. The van der Waals surface area contributed by atoms with Crippen molar-refractivity contribution in [3.8, 4) is 34.2 Å². The lowest BCUT2D eigenvalue weighted by Gasteiger charge is -2.34. The van der Waals surface area contributed by atoms with Crippen LogP contribution >= 0.6 is 0 Å². The zero-order valence-electron chi connectivity index (χ0n) is 21.6. The first-order valence-electron chi connectivity index (χ1n) is 12.8. The van der Waals surface area contributed by atoms with Gasteiger partial charge in [-0.25, -0.2) is 4.68 Å². The summed E-state index contributed by atoms with van der Waals surface area (Å²) in [6.07, 6.45) is 0. The Morgan fingerprint density at radius 1 is 0.895 bits per heavy atom. The molecule has 1 saturated heterocycles. The molecular formula is C30H30N4O4. The second-order valence-corrected chi connectivity index (χ2v) is 9.65. The van der Waals surface area contributed by atoms with Gasteiger partial charge in [-0.2, -0.15) is 5.10 Å². The largest absolute Gasteiger partial charge is 0.497 e. The van der Waals surface area contributed by atoms with E-state index in [0.717, 1.165) is 59.4 Å². The number of carbonyl (C=O) groups excluding carboxylic acids is 1. The van der Waals surface area contributed by atoms with E-state index in [2.05, 4.69) is 11.0 Å². The van der Waals surface area contributed by atoms with Crippen LogP contribution in [0.5, 0.6) is 17.2 Å². The smallest absolute Gasteiger partial charge is 0.272 e. The number of fused-ring (bicyclic) bond motifs is 1. The first kappa shape index (κ1) is 24.1. The lowest BCUT2D eigenvalue weighted by atomic mass is 10.1. The molecule has 3 heterocycles. The molecule has 0 unspecified atom stereocenters. The number of piperazine rings is 1. The molecule has 2 aliphatic heterocycles. The number of aryl methyl sites for hydroxylation is 1. The van der Waals surface area contributed by atoms with Crippen LogP contribution in [0.3, 0.4) is 0 Å². The van der Waals surface area contributed by atoms with Gasteiger partial charge in [0, 0.05) is 38.3 Å². The maximum Gasteiger partial charge on any atom is 0.272 e. The van der Waals surface area contributed by atoms with Crippen LogP contribution in [0.4, 0.5) is 0 Å². The fourth-order valence-corrected chi connectivity index (χ4v) is 4.89. The number of amides is 1. The van der Waals surface area contributed by atoms with E-state index in [1.165, 1.54) is 5.56 Å². The third-order valence-corrected chi connectivity index (χ3v) is 7.10. The highest BCUT2D eigenvalue weighted by Gasteiger charge is 2.27. The minimum Gasteiger partial charge on any atom is -0.497 e. The van der Waals surface area contributed by atoms with E-state index in [-0.39, 0.29) is 12.7 Å². The summed E-state index contributed by atoms with van der Waals surface area (Å²) in [6, 6.07) is 23.8. The van der Waals surface area contributed by atoms with Crippen molar-refractivity contribution in [2.45, 2.75) is 13.5 Å². The Kier molecular flexibility index (Phi) is 6.47. The van der Waals surface area contributed by atoms with E-state index < -0.39 is 0 Å². The fourth-order valence-electron chi connectivity index (χ4n) is 4.89. The van der Waals surface area contributed by atoms with Crippen LogP contribution in [0, 0.1) is 6.92 Å². The first-order valence-corrected chi connectivity index (χ1v) is 12.8. The minimum atomic E-state index is -0.0134. The standard InChI is InChI=1S/C30H30N4O4/c1-21-3-8-24(9-4-21)34-27(18-26(31-34)23-6-10-25(36-2)11-7-23)30(35)33-15-13-32(14-16-33)19-22-5-12-28-29(17-22)38-20-37-28/h3-12,17-18H,13-16,19-20H2,1-2H3. The van der Waals surface area contributed by atoms with Crippen molar-refractivity contribution in [1.82, 2.24) is 19.6 Å². The van der Waals surface area contributed by atoms with Crippen molar-refractivity contribution >= 4 is 5.91 Å². The van der Waals surface area contributed by atoms with Gasteiger partial charge in [0.1, 0.15) is 11.4 Å². The van der Waals surface area contributed by atoms with E-state index in [0.29, 0.717) is 18.8 Å². The normalized spacial score (nSPS) is 15.1. The SMILES string of the molecule is COc1ccc(-c2cc(C(=O)N3CCN(Cc4ccc5c(c4)OCO5)CC3)n(-c3ccc(C)cc3)n2)cc1. The number of aromatic nitrogens is 2. The van der Waals surface area contributed by atoms with Crippen molar-refractivity contribution in [2.24, 2.45) is 0 Å². The lowest BCUT2D eigenvalue weighted by molar-refractivity contribution is 0.0619. The molecule has 8 heteroatoms. The van der Waals surface area contributed by atoms with Crippen LogP contribution in [-0.2, 0) is 6.54 Å². The summed E-state index contributed by atoms with van der Waals surface area (Å²) in [5, 5.41) is 4.85. The molecule has 1 aromatic heterocycles. The van der Waals surface area contributed by atoms with Crippen molar-refractivity contribution in [3.05, 3.63) is 89.6 Å². The molecule has 0 radical (unpaired) electrons. The van der Waals surface area contributed by atoms with Crippen molar-refractivity contribution in [1.29, 1.82) is 0 Å². The highest BCUT2D eigenvalue weighted by atomic mass is 16.7. The molecule has 0 saturated carbocycles. The quantitative estimate of drug-likeness (QED) is 0.379. The molecule has 4 aromatic rings. The van der Waals surface area contributed by atoms with Gasteiger partial charge >= 0.3 is 0 Å². The van der Waals surface area contributed by atoms with Crippen LogP contribution < -0.4 is 14.2 Å². The predicted octanol–water partition coefficient (Wildman–Crippen LogP) is 4.54. The second kappa shape index (κ2) is 10.2. The molecular weight excluding hydrogens is 480 g/mol. The van der Waals surface area contributed by atoms with Crippen LogP contribution in [0.1, 0.15) is 21.6 Å². The van der Waals surface area contributed by atoms with Crippen LogP contribution in [0.2, 0.25) is 0 Å². The van der Waals surface area contributed by atoms with Gasteiger partial charge < -0.3 is 19.1 Å². The molecule has 0 atom stereocenters. The summed E-state index contributed by atoms with van der Waals surface area (Å²) in [7, 11) is 1.65. The van der Waals surface area contributed by atoms with E-state index >= 15 is 0 Å². The Hall–Kier alpha value is -4.30. The fraction of sp³-hybridized carbons (Fsp3) is 0.267. The molecule has 0 spiro atoms. The monoisotopic (exact) mass is 510 g/mol. The molecule has 0 N–H and O–H groups in total. The Morgan fingerprint density at radius 3 is 2.37 bits per heavy atom. The second-order valence-electron chi connectivity index (χ2n) is 9.65. The average molecular weight is 511 g/mol. The van der Waals surface area contributed by atoms with Crippen molar-refractivity contribution < 1.29 is 19.0 Å². The molecule has 1 fully saturated rings. The topological polar surface area (TPSA) is 69.1 Å². The summed E-state index contributed by atoms with van der Waals surface area (Å²) < 4.78 is 18.0. The summed E-state index contributed by atoms with van der Waals surface area (Å²) in [6.45, 7) is 6.03. The maximum absolute atomic E-state index is 13.8. The average Bonchev–Trinajstić information content (AvgIpc) is 3.61. The van der Waals surface area contributed by atoms with Crippen molar-refractivity contribution in [3.63, 3.8) is 0 Å². The van der Waals surface area contributed by atoms with Gasteiger partial charge in [0.25, 0.3) is 5.91 Å². The molecule has 38 heavy (non-hydrogen) atoms. The third-order valence-electron chi connectivity index (χ3n) is 7.10. The Labute approximate surface area is 222 Å². The summed E-state index contributed by atoms with van der Waals surface area (Å²) in [5.41, 5.74) is 5.43. The number of rotatable bonds is 6. The van der Waals surface area contributed by atoms with Gasteiger partial charge in [0.05, 0.1) is 18.5 Å². The lowest BCUT2D eigenvalue weighted by Crippen LogP contribution is -2.48. The van der Waals surface area contributed by atoms with Gasteiger partial charge in [0.15, 0.2) is 11.5 Å². The predicted molar refractivity (Wildman–Crippen MR) is 144 cm³/mol. The van der Waals surface area contributed by atoms with Gasteiger partial charge in [-0.05, 0) is 67.1 Å². The molecule has 0 aliphatic carbocycles. The zero-order chi connectivity index (χ0) is 26.1. The minimum absolute atomic E-state index is 0.0134. The molecule has 2 aliphatic rings. The first-order chi connectivity index (χ1) is 18.6. The number of methoxy groups -OCH3 is 1. The van der Waals surface area contributed by atoms with E-state index in [1.807, 2.05) is 78.6 Å². The van der Waals surface area contributed by atoms with Gasteiger partial charge in [-0.3, -0.25) is 9.69 Å². The highest BCUT2D eigenvalue weighted by Crippen LogP contribution is 2.33. The zero-order valence-corrected chi connectivity index (χ0v) is 21.6. The number of hydrogen-bond donors (Lipinski definition) is 0. The summed E-state index contributed by atoms with van der Waals surface area (Å²) >= 11 is 0. The van der Waals surface area contributed by atoms with Gasteiger partial charge in [-0.1, -0.05) is 23.8 Å². The highest BCUT2D eigenvalue weighted by molar-refractivity contribution is 5.94.